The molecule has 28 heavy (non-hydrogen) atoms. The molecule has 0 aliphatic heterocycles. The lowest BCUT2D eigenvalue weighted by molar-refractivity contribution is 0.172. The van der Waals surface area contributed by atoms with Gasteiger partial charge in [-0.2, -0.15) is 0 Å². The lowest BCUT2D eigenvalue weighted by Crippen LogP contribution is -2.32. The van der Waals surface area contributed by atoms with E-state index in [-0.39, 0.29) is 24.0 Å². The van der Waals surface area contributed by atoms with Gasteiger partial charge in [-0.3, -0.25) is 4.99 Å². The van der Waals surface area contributed by atoms with Gasteiger partial charge in [0.1, 0.15) is 5.75 Å². The van der Waals surface area contributed by atoms with E-state index in [4.69, 9.17) is 9.47 Å². The lowest BCUT2D eigenvalue weighted by atomic mass is 10.1. The Hall–Kier alpha value is -1.94. The van der Waals surface area contributed by atoms with Crippen molar-refractivity contribution in [2.45, 2.75) is 12.8 Å². The third kappa shape index (κ3) is 7.97. The van der Waals surface area contributed by atoms with E-state index in [1.54, 1.807) is 20.2 Å². The van der Waals surface area contributed by atoms with Gasteiger partial charge in [-0.1, -0.05) is 18.2 Å². The third-order valence-electron chi connectivity index (χ3n) is 3.80. The highest BCUT2D eigenvalue weighted by Crippen LogP contribution is 2.17. The van der Waals surface area contributed by atoms with Crippen LogP contribution in [-0.2, 0) is 11.2 Å². The van der Waals surface area contributed by atoms with Crippen LogP contribution < -0.4 is 15.4 Å². The second kappa shape index (κ2) is 13.3. The number of rotatable bonds is 9. The lowest BCUT2D eigenvalue weighted by Gasteiger charge is -2.13. The molecular formula is C20H26F2IN3O2. The summed E-state index contributed by atoms with van der Waals surface area (Å²) in [6.07, 6.45) is 1.15. The van der Waals surface area contributed by atoms with Crippen molar-refractivity contribution in [1.29, 1.82) is 0 Å². The van der Waals surface area contributed by atoms with Crippen LogP contribution in [0.5, 0.6) is 5.75 Å². The maximum atomic E-state index is 13.7. The summed E-state index contributed by atoms with van der Waals surface area (Å²) in [5.41, 5.74) is 1.13. The molecule has 0 saturated carbocycles. The van der Waals surface area contributed by atoms with Crippen molar-refractivity contribution < 1.29 is 18.3 Å². The molecule has 0 bridgehead atoms. The molecule has 0 aliphatic rings. The first-order chi connectivity index (χ1) is 13.1. The molecule has 0 saturated heterocycles. The smallest absolute Gasteiger partial charge is 0.195 e. The number of hydrogen-bond donors (Lipinski definition) is 2. The van der Waals surface area contributed by atoms with Crippen LogP contribution in [0, 0.1) is 11.6 Å². The standard InChI is InChI=1S/C20H25F2N3O2.HI/c1-23-20(24-11-10-15-6-3-9-18(21)19(15)22)25-16-7-4-8-17(14-16)27-13-5-12-26-2;/h3-4,6-9,14H,5,10-13H2,1-2H3,(H2,23,24,25);1H. The summed E-state index contributed by atoms with van der Waals surface area (Å²) < 4.78 is 37.6. The van der Waals surface area contributed by atoms with E-state index in [2.05, 4.69) is 15.6 Å². The number of halogens is 3. The molecule has 2 aromatic carbocycles. The average Bonchev–Trinajstić information content (AvgIpc) is 2.68. The van der Waals surface area contributed by atoms with Crippen LogP contribution in [0.1, 0.15) is 12.0 Å². The molecule has 0 spiro atoms. The Labute approximate surface area is 181 Å². The fraction of sp³-hybridized carbons (Fsp3) is 0.350. The summed E-state index contributed by atoms with van der Waals surface area (Å²) in [5.74, 6) is -0.366. The number of benzene rings is 2. The number of methoxy groups -OCH3 is 1. The van der Waals surface area contributed by atoms with Crippen molar-refractivity contribution in [3.05, 3.63) is 59.7 Å². The highest BCUT2D eigenvalue weighted by molar-refractivity contribution is 14.0. The maximum Gasteiger partial charge on any atom is 0.195 e. The van der Waals surface area contributed by atoms with E-state index in [0.717, 1.165) is 23.9 Å². The molecule has 2 aromatic rings. The van der Waals surface area contributed by atoms with Gasteiger partial charge in [0.25, 0.3) is 0 Å². The number of hydrogen-bond acceptors (Lipinski definition) is 3. The van der Waals surface area contributed by atoms with Crippen LogP contribution >= 0.6 is 24.0 Å². The Balaban J connectivity index is 0.00000392. The minimum Gasteiger partial charge on any atom is -0.493 e. The van der Waals surface area contributed by atoms with Gasteiger partial charge < -0.3 is 20.1 Å². The maximum absolute atomic E-state index is 13.7. The molecule has 0 fully saturated rings. The zero-order chi connectivity index (χ0) is 19.5. The first kappa shape index (κ1) is 24.1. The largest absolute Gasteiger partial charge is 0.493 e. The fourth-order valence-corrected chi connectivity index (χ4v) is 2.43. The molecule has 0 atom stereocenters. The molecule has 2 rings (SSSR count). The zero-order valence-corrected chi connectivity index (χ0v) is 18.3. The van der Waals surface area contributed by atoms with Gasteiger partial charge in [0.15, 0.2) is 17.6 Å². The Kier molecular flexibility index (Phi) is 11.4. The molecule has 2 N–H and O–H groups in total. The van der Waals surface area contributed by atoms with Crippen LogP contribution in [-0.4, -0.2) is 39.9 Å². The van der Waals surface area contributed by atoms with E-state index >= 15 is 0 Å². The van der Waals surface area contributed by atoms with E-state index < -0.39 is 11.6 Å². The van der Waals surface area contributed by atoms with E-state index in [1.165, 1.54) is 6.07 Å². The summed E-state index contributed by atoms with van der Waals surface area (Å²) in [5, 5.41) is 6.23. The Bertz CT molecular complexity index is 760. The summed E-state index contributed by atoms with van der Waals surface area (Å²) in [6.45, 7) is 1.64. The number of nitrogens with zero attached hydrogens (tertiary/aromatic N) is 1. The van der Waals surface area contributed by atoms with Gasteiger partial charge in [-0.25, -0.2) is 8.78 Å². The molecule has 8 heteroatoms. The van der Waals surface area contributed by atoms with Gasteiger partial charge in [0, 0.05) is 45.5 Å². The van der Waals surface area contributed by atoms with Crippen molar-refractivity contribution in [1.82, 2.24) is 5.32 Å². The quantitative estimate of drug-likeness (QED) is 0.232. The number of aliphatic imine (C=N–C) groups is 1. The van der Waals surface area contributed by atoms with Gasteiger partial charge in [-0.05, 0) is 30.2 Å². The average molecular weight is 505 g/mol. The van der Waals surface area contributed by atoms with Gasteiger partial charge in [-0.15, -0.1) is 24.0 Å². The Morgan fingerprint density at radius 3 is 2.64 bits per heavy atom. The molecule has 5 nitrogen and oxygen atoms in total. The first-order valence-corrected chi connectivity index (χ1v) is 8.76. The summed E-state index contributed by atoms with van der Waals surface area (Å²) in [4.78, 5) is 4.14. The molecule has 0 heterocycles. The fourth-order valence-electron chi connectivity index (χ4n) is 2.43. The first-order valence-electron chi connectivity index (χ1n) is 8.76. The van der Waals surface area contributed by atoms with Crippen molar-refractivity contribution >= 4 is 35.6 Å². The molecule has 154 valence electrons. The molecule has 0 aliphatic carbocycles. The number of nitrogens with one attached hydrogen (secondary N) is 2. The van der Waals surface area contributed by atoms with Crippen LogP contribution in [0.4, 0.5) is 14.5 Å². The zero-order valence-electron chi connectivity index (χ0n) is 16.0. The number of ether oxygens (including phenoxy) is 2. The second-order valence-electron chi connectivity index (χ2n) is 5.81. The van der Waals surface area contributed by atoms with E-state index in [9.17, 15) is 8.78 Å². The molecule has 0 amide bonds. The number of anilines is 1. The van der Waals surface area contributed by atoms with Gasteiger partial charge >= 0.3 is 0 Å². The van der Waals surface area contributed by atoms with Crippen molar-refractivity contribution in [2.75, 3.05) is 39.2 Å². The molecule has 0 aromatic heterocycles. The third-order valence-corrected chi connectivity index (χ3v) is 3.80. The monoisotopic (exact) mass is 505 g/mol. The van der Waals surface area contributed by atoms with E-state index in [0.29, 0.717) is 37.7 Å². The van der Waals surface area contributed by atoms with Crippen molar-refractivity contribution in [3.8, 4) is 5.75 Å². The van der Waals surface area contributed by atoms with Crippen LogP contribution in [0.25, 0.3) is 0 Å². The van der Waals surface area contributed by atoms with Crippen LogP contribution in [0.2, 0.25) is 0 Å². The Morgan fingerprint density at radius 1 is 1.11 bits per heavy atom. The normalized spacial score (nSPS) is 10.9. The van der Waals surface area contributed by atoms with Crippen LogP contribution in [0.3, 0.4) is 0 Å². The number of guanidine groups is 1. The SMILES string of the molecule is CN=C(NCCc1cccc(F)c1F)Nc1cccc(OCCCOC)c1.I. The van der Waals surface area contributed by atoms with E-state index in [1.807, 2.05) is 24.3 Å². The summed E-state index contributed by atoms with van der Waals surface area (Å²) in [7, 11) is 3.30. The van der Waals surface area contributed by atoms with Gasteiger partial charge in [0.2, 0.25) is 0 Å². The van der Waals surface area contributed by atoms with Crippen molar-refractivity contribution in [2.24, 2.45) is 4.99 Å². The molecular weight excluding hydrogens is 479 g/mol. The second-order valence-corrected chi connectivity index (χ2v) is 5.81. The highest BCUT2D eigenvalue weighted by Gasteiger charge is 2.07. The van der Waals surface area contributed by atoms with Gasteiger partial charge in [0.05, 0.1) is 6.61 Å². The molecule has 0 unspecified atom stereocenters. The topological polar surface area (TPSA) is 54.9 Å². The minimum atomic E-state index is -0.836. The summed E-state index contributed by atoms with van der Waals surface area (Å²) in [6, 6.07) is 11.7. The highest BCUT2D eigenvalue weighted by atomic mass is 127. The predicted octanol–water partition coefficient (Wildman–Crippen LogP) is 4.23. The summed E-state index contributed by atoms with van der Waals surface area (Å²) >= 11 is 0. The Morgan fingerprint density at radius 2 is 1.89 bits per heavy atom. The molecule has 0 radical (unpaired) electrons. The van der Waals surface area contributed by atoms with Crippen molar-refractivity contribution in [3.63, 3.8) is 0 Å². The van der Waals surface area contributed by atoms with Crippen LogP contribution in [0.15, 0.2) is 47.5 Å². The predicted molar refractivity (Wildman–Crippen MR) is 119 cm³/mol. The minimum absolute atomic E-state index is 0.